The lowest BCUT2D eigenvalue weighted by atomic mass is 9.96. The highest BCUT2D eigenvalue weighted by atomic mass is 16.5. The first kappa shape index (κ1) is 21.5. The number of carbonyl (C=O) groups is 3. The van der Waals surface area contributed by atoms with Gasteiger partial charge in [0.2, 0.25) is 5.91 Å². The molecule has 0 spiro atoms. The normalized spacial score (nSPS) is 22.2. The van der Waals surface area contributed by atoms with E-state index in [1.54, 1.807) is 0 Å². The standard InChI is InChI=1S/C25H26N2O6/c28-21(27-25(22(29)30)11-12-32-15-25)24(9-10-24)14-26-23(31)33-13-20-18-7-3-1-5-16(18)17-6-2-4-8-19(17)20/h1-8,20H,9-15H2,(H,26,31)(H,27,28)(H,29,30). The van der Waals surface area contributed by atoms with Gasteiger partial charge in [-0.25, -0.2) is 9.59 Å². The van der Waals surface area contributed by atoms with Gasteiger partial charge in [-0.1, -0.05) is 48.5 Å². The maximum atomic E-state index is 12.8. The molecule has 2 aliphatic carbocycles. The number of benzene rings is 2. The third kappa shape index (κ3) is 3.84. The van der Waals surface area contributed by atoms with Crippen LogP contribution in [0.2, 0.25) is 0 Å². The van der Waals surface area contributed by atoms with Crippen LogP contribution in [0.1, 0.15) is 36.3 Å². The number of carboxylic acid groups (broad SMARTS) is 1. The summed E-state index contributed by atoms with van der Waals surface area (Å²) in [5.41, 5.74) is 2.37. The Kier molecular flexibility index (Phi) is 5.32. The van der Waals surface area contributed by atoms with Crippen molar-refractivity contribution in [3.8, 4) is 11.1 Å². The number of hydrogen-bond donors (Lipinski definition) is 3. The van der Waals surface area contributed by atoms with Gasteiger partial charge >= 0.3 is 12.1 Å². The van der Waals surface area contributed by atoms with Gasteiger partial charge in [-0.05, 0) is 35.1 Å². The van der Waals surface area contributed by atoms with E-state index in [2.05, 4.69) is 34.9 Å². The van der Waals surface area contributed by atoms with Crippen molar-refractivity contribution >= 4 is 18.0 Å². The van der Waals surface area contributed by atoms with Crippen molar-refractivity contribution < 1.29 is 29.0 Å². The minimum absolute atomic E-state index is 0.0425. The molecule has 2 amide bonds. The molecule has 8 heteroatoms. The van der Waals surface area contributed by atoms with Gasteiger partial charge in [0.15, 0.2) is 5.54 Å². The molecule has 1 heterocycles. The van der Waals surface area contributed by atoms with Gasteiger partial charge in [0.1, 0.15) is 6.61 Å². The highest BCUT2D eigenvalue weighted by Gasteiger charge is 2.54. The lowest BCUT2D eigenvalue weighted by molar-refractivity contribution is -0.148. The molecule has 8 nitrogen and oxygen atoms in total. The summed E-state index contributed by atoms with van der Waals surface area (Å²) in [6, 6.07) is 16.2. The zero-order chi connectivity index (χ0) is 23.1. The van der Waals surface area contributed by atoms with Crippen LogP contribution in [0.3, 0.4) is 0 Å². The summed E-state index contributed by atoms with van der Waals surface area (Å²) in [5, 5.41) is 14.9. The molecule has 1 unspecified atom stereocenters. The molecule has 1 atom stereocenters. The Bertz CT molecular complexity index is 1060. The molecule has 2 fully saturated rings. The lowest BCUT2D eigenvalue weighted by Gasteiger charge is -2.26. The van der Waals surface area contributed by atoms with Crippen molar-refractivity contribution in [3.05, 3.63) is 59.7 Å². The minimum Gasteiger partial charge on any atom is -0.479 e. The van der Waals surface area contributed by atoms with E-state index in [1.165, 1.54) is 0 Å². The summed E-state index contributed by atoms with van der Waals surface area (Å²) in [4.78, 5) is 37.0. The van der Waals surface area contributed by atoms with Crippen LogP contribution in [0.15, 0.2) is 48.5 Å². The number of ether oxygens (including phenoxy) is 2. The van der Waals surface area contributed by atoms with E-state index in [-0.39, 0.29) is 44.6 Å². The number of nitrogens with one attached hydrogen (secondary N) is 2. The molecule has 3 N–H and O–H groups in total. The van der Waals surface area contributed by atoms with Gasteiger partial charge in [-0.2, -0.15) is 0 Å². The molecule has 33 heavy (non-hydrogen) atoms. The Morgan fingerprint density at radius 1 is 1.00 bits per heavy atom. The molecule has 2 aromatic rings. The fourth-order valence-electron chi connectivity index (χ4n) is 4.76. The number of aliphatic carboxylic acids is 1. The molecule has 0 bridgehead atoms. The second-order valence-corrected chi connectivity index (χ2v) is 9.10. The fraction of sp³-hybridized carbons (Fsp3) is 0.400. The summed E-state index contributed by atoms with van der Waals surface area (Å²) < 4.78 is 10.7. The zero-order valence-electron chi connectivity index (χ0n) is 18.1. The van der Waals surface area contributed by atoms with Gasteiger partial charge in [-0.3, -0.25) is 4.79 Å². The van der Waals surface area contributed by atoms with E-state index >= 15 is 0 Å². The number of amides is 2. The summed E-state index contributed by atoms with van der Waals surface area (Å²) in [5.74, 6) is -1.51. The average Bonchev–Trinajstić information content (AvgIpc) is 3.35. The van der Waals surface area contributed by atoms with Crippen LogP contribution in [-0.2, 0) is 19.1 Å². The van der Waals surface area contributed by atoms with E-state index in [0.29, 0.717) is 12.8 Å². The van der Waals surface area contributed by atoms with Gasteiger partial charge in [0.25, 0.3) is 0 Å². The highest BCUT2D eigenvalue weighted by Crippen LogP contribution is 2.46. The van der Waals surface area contributed by atoms with Crippen molar-refractivity contribution in [2.24, 2.45) is 5.41 Å². The number of alkyl carbamates (subject to hydrolysis) is 1. The Labute approximate surface area is 191 Å². The van der Waals surface area contributed by atoms with Gasteiger partial charge in [-0.15, -0.1) is 0 Å². The molecular formula is C25H26N2O6. The summed E-state index contributed by atoms with van der Waals surface area (Å²) in [7, 11) is 0. The van der Waals surface area contributed by atoms with Crippen LogP contribution in [-0.4, -0.2) is 55.0 Å². The Hall–Kier alpha value is -3.39. The average molecular weight is 450 g/mol. The monoisotopic (exact) mass is 450 g/mol. The van der Waals surface area contributed by atoms with Crippen molar-refractivity contribution in [1.29, 1.82) is 0 Å². The molecule has 5 rings (SSSR count). The van der Waals surface area contributed by atoms with Crippen molar-refractivity contribution in [1.82, 2.24) is 10.6 Å². The topological polar surface area (TPSA) is 114 Å². The molecule has 3 aliphatic rings. The van der Waals surface area contributed by atoms with Crippen LogP contribution in [0.5, 0.6) is 0 Å². The molecule has 0 radical (unpaired) electrons. The second-order valence-electron chi connectivity index (χ2n) is 9.10. The minimum atomic E-state index is -1.39. The quantitative estimate of drug-likeness (QED) is 0.598. The Balaban J connectivity index is 1.18. The first-order chi connectivity index (χ1) is 15.9. The number of carbonyl (C=O) groups excluding carboxylic acids is 2. The molecule has 1 saturated heterocycles. The van der Waals surface area contributed by atoms with Crippen molar-refractivity contribution in [2.75, 3.05) is 26.4 Å². The second kappa shape index (κ2) is 8.19. The van der Waals surface area contributed by atoms with E-state index in [4.69, 9.17) is 9.47 Å². The first-order valence-corrected chi connectivity index (χ1v) is 11.2. The smallest absolute Gasteiger partial charge is 0.407 e. The van der Waals surface area contributed by atoms with Gasteiger partial charge < -0.3 is 25.2 Å². The predicted molar refractivity (Wildman–Crippen MR) is 119 cm³/mol. The van der Waals surface area contributed by atoms with E-state index in [9.17, 15) is 19.5 Å². The predicted octanol–water partition coefficient (Wildman–Crippen LogP) is 2.67. The molecule has 2 aromatic carbocycles. The zero-order valence-corrected chi connectivity index (χ0v) is 18.1. The molecule has 1 aliphatic heterocycles. The largest absolute Gasteiger partial charge is 0.479 e. The SMILES string of the molecule is O=C(NCC1(C(=O)NC2(C(=O)O)CCOC2)CC1)OCC1c2ccccc2-c2ccccc21. The van der Waals surface area contributed by atoms with E-state index in [0.717, 1.165) is 22.3 Å². The van der Waals surface area contributed by atoms with E-state index < -0.39 is 23.0 Å². The maximum absolute atomic E-state index is 12.8. The number of hydrogen-bond acceptors (Lipinski definition) is 5. The van der Waals surface area contributed by atoms with Crippen LogP contribution in [0.4, 0.5) is 4.79 Å². The third-order valence-corrected chi connectivity index (χ3v) is 7.03. The molecular weight excluding hydrogens is 424 g/mol. The number of rotatable bonds is 7. The first-order valence-electron chi connectivity index (χ1n) is 11.2. The van der Waals surface area contributed by atoms with Crippen molar-refractivity contribution in [2.45, 2.75) is 30.7 Å². The number of fused-ring (bicyclic) bond motifs is 3. The lowest BCUT2D eigenvalue weighted by Crippen LogP contribution is -2.58. The van der Waals surface area contributed by atoms with Gasteiger partial charge in [0, 0.05) is 25.5 Å². The summed E-state index contributed by atoms with van der Waals surface area (Å²) >= 11 is 0. The van der Waals surface area contributed by atoms with Crippen LogP contribution >= 0.6 is 0 Å². The number of carboxylic acids is 1. The van der Waals surface area contributed by atoms with Gasteiger partial charge in [0.05, 0.1) is 12.0 Å². The van der Waals surface area contributed by atoms with E-state index in [1.807, 2.05) is 24.3 Å². The molecule has 172 valence electrons. The Morgan fingerprint density at radius 3 is 2.18 bits per heavy atom. The Morgan fingerprint density at radius 2 is 1.64 bits per heavy atom. The molecule has 1 saturated carbocycles. The van der Waals surface area contributed by atoms with Crippen molar-refractivity contribution in [3.63, 3.8) is 0 Å². The summed E-state index contributed by atoms with van der Waals surface area (Å²) in [6.45, 7) is 0.534. The highest BCUT2D eigenvalue weighted by molar-refractivity contribution is 5.92. The third-order valence-electron chi connectivity index (χ3n) is 7.03. The van der Waals surface area contributed by atoms with Crippen LogP contribution in [0, 0.1) is 5.41 Å². The molecule has 0 aromatic heterocycles. The van der Waals surface area contributed by atoms with Crippen LogP contribution in [0.25, 0.3) is 11.1 Å². The fourth-order valence-corrected chi connectivity index (χ4v) is 4.76. The maximum Gasteiger partial charge on any atom is 0.407 e. The summed E-state index contributed by atoms with van der Waals surface area (Å²) in [6.07, 6.45) is 0.801. The van der Waals surface area contributed by atoms with Crippen LogP contribution < -0.4 is 10.6 Å².